The van der Waals surface area contributed by atoms with E-state index in [4.69, 9.17) is 16.3 Å². The van der Waals surface area contributed by atoms with Crippen LogP contribution in [0.2, 0.25) is 5.02 Å². The fourth-order valence-electron chi connectivity index (χ4n) is 3.59. The Morgan fingerprint density at radius 2 is 1.96 bits per heavy atom. The number of amidine groups is 1. The molecule has 1 aliphatic heterocycles. The average molecular weight is 436 g/mol. The fourth-order valence-corrected chi connectivity index (χ4v) is 4.26. The summed E-state index contributed by atoms with van der Waals surface area (Å²) in [5.74, 6) is 1.96. The molecule has 0 aromatic heterocycles. The summed E-state index contributed by atoms with van der Waals surface area (Å²) in [6, 6.07) is 12.2. The smallest absolute Gasteiger partial charge is 0.130 e. The first kappa shape index (κ1) is 19.2. The van der Waals surface area contributed by atoms with Gasteiger partial charge in [0.15, 0.2) is 0 Å². The Morgan fingerprint density at radius 1 is 1.19 bits per heavy atom. The Balaban J connectivity index is 1.90. The largest absolute Gasteiger partial charge is 0.496 e. The molecule has 5 heteroatoms. The molecule has 0 unspecified atom stereocenters. The molecule has 26 heavy (non-hydrogen) atoms. The summed E-state index contributed by atoms with van der Waals surface area (Å²) >= 11 is 10.1. The highest BCUT2D eigenvalue weighted by Gasteiger charge is 2.21. The van der Waals surface area contributed by atoms with Gasteiger partial charge in [0.25, 0.3) is 0 Å². The van der Waals surface area contributed by atoms with Crippen LogP contribution in [0.1, 0.15) is 29.5 Å². The van der Waals surface area contributed by atoms with E-state index < -0.39 is 0 Å². The van der Waals surface area contributed by atoms with Gasteiger partial charge in [-0.25, -0.2) is 0 Å². The van der Waals surface area contributed by atoms with Gasteiger partial charge in [0.2, 0.25) is 0 Å². The third-order valence-corrected chi connectivity index (χ3v) is 5.71. The second-order valence-corrected chi connectivity index (χ2v) is 7.79. The van der Waals surface area contributed by atoms with Crippen molar-refractivity contribution >= 4 is 33.4 Å². The Kier molecular flexibility index (Phi) is 6.60. The number of halogens is 2. The van der Waals surface area contributed by atoms with E-state index in [9.17, 15) is 0 Å². The van der Waals surface area contributed by atoms with Gasteiger partial charge in [0.05, 0.1) is 7.11 Å². The number of hydrogen-bond donors (Lipinski definition) is 0. The molecule has 3 rings (SSSR count). The molecule has 2 aromatic carbocycles. The molecule has 0 bridgehead atoms. The molecule has 1 saturated heterocycles. The summed E-state index contributed by atoms with van der Waals surface area (Å²) < 4.78 is 6.57. The van der Waals surface area contributed by atoms with Crippen molar-refractivity contribution in [1.29, 1.82) is 0 Å². The molecule has 138 valence electrons. The summed E-state index contributed by atoms with van der Waals surface area (Å²) in [6.07, 6.45) is 4.15. The van der Waals surface area contributed by atoms with Crippen molar-refractivity contribution in [1.82, 2.24) is 4.90 Å². The van der Waals surface area contributed by atoms with Crippen molar-refractivity contribution in [3.05, 3.63) is 62.6 Å². The van der Waals surface area contributed by atoms with Gasteiger partial charge in [-0.15, -0.1) is 0 Å². The molecule has 1 fully saturated rings. The van der Waals surface area contributed by atoms with E-state index in [-0.39, 0.29) is 0 Å². The normalized spacial score (nSPS) is 14.8. The van der Waals surface area contributed by atoms with Crippen LogP contribution in [-0.2, 0) is 12.8 Å². The molecule has 0 amide bonds. The zero-order valence-electron chi connectivity index (χ0n) is 15.3. The maximum Gasteiger partial charge on any atom is 0.130 e. The minimum absolute atomic E-state index is 0.803. The van der Waals surface area contributed by atoms with Gasteiger partial charge >= 0.3 is 0 Å². The molecule has 0 saturated carbocycles. The number of hydrogen-bond acceptors (Lipinski definition) is 2. The second-order valence-electron chi connectivity index (χ2n) is 6.46. The van der Waals surface area contributed by atoms with Gasteiger partial charge in [0, 0.05) is 35.2 Å². The summed E-state index contributed by atoms with van der Waals surface area (Å²) in [5, 5.41) is 0.803. The van der Waals surface area contributed by atoms with Crippen LogP contribution in [0.25, 0.3) is 0 Å². The van der Waals surface area contributed by atoms with E-state index >= 15 is 0 Å². The molecule has 0 spiro atoms. The monoisotopic (exact) mass is 434 g/mol. The number of ether oxygens (including phenoxy) is 1. The quantitative estimate of drug-likeness (QED) is 0.466. The zero-order chi connectivity index (χ0) is 18.5. The van der Waals surface area contributed by atoms with Gasteiger partial charge in [-0.3, -0.25) is 4.99 Å². The van der Waals surface area contributed by atoms with Gasteiger partial charge in [-0.2, -0.15) is 0 Å². The van der Waals surface area contributed by atoms with E-state index in [1.54, 1.807) is 7.11 Å². The van der Waals surface area contributed by atoms with E-state index in [1.165, 1.54) is 18.4 Å². The highest BCUT2D eigenvalue weighted by molar-refractivity contribution is 9.10. The summed E-state index contributed by atoms with van der Waals surface area (Å²) in [5.41, 5.74) is 3.48. The first-order chi connectivity index (χ1) is 12.6. The lowest BCUT2D eigenvalue weighted by molar-refractivity contribution is 0.409. The molecule has 3 nitrogen and oxygen atoms in total. The molecular weight excluding hydrogens is 412 g/mol. The molecule has 0 radical (unpaired) electrons. The minimum atomic E-state index is 0.803. The van der Waals surface area contributed by atoms with Crippen LogP contribution in [0.5, 0.6) is 5.75 Å². The van der Waals surface area contributed by atoms with Crippen molar-refractivity contribution in [3.8, 4) is 5.75 Å². The van der Waals surface area contributed by atoms with Gasteiger partial charge in [-0.05, 0) is 61.1 Å². The van der Waals surface area contributed by atoms with E-state index in [2.05, 4.69) is 38.0 Å². The second kappa shape index (κ2) is 8.92. The Morgan fingerprint density at radius 3 is 2.65 bits per heavy atom. The Hall–Kier alpha value is -1.52. The average Bonchev–Trinajstić information content (AvgIpc) is 3.16. The van der Waals surface area contributed by atoms with Crippen molar-refractivity contribution in [2.24, 2.45) is 4.99 Å². The van der Waals surface area contributed by atoms with E-state index in [0.29, 0.717) is 0 Å². The third kappa shape index (κ3) is 4.24. The van der Waals surface area contributed by atoms with Crippen LogP contribution in [0.15, 0.2) is 45.9 Å². The predicted octanol–water partition coefficient (Wildman–Crippen LogP) is 5.37. The molecule has 1 aliphatic rings. The summed E-state index contributed by atoms with van der Waals surface area (Å²) in [7, 11) is 3.58. The highest BCUT2D eigenvalue weighted by atomic mass is 79.9. The number of likely N-dealkylation sites (tertiary alicyclic amines) is 1. The maximum absolute atomic E-state index is 6.59. The summed E-state index contributed by atoms with van der Waals surface area (Å²) in [4.78, 5) is 6.97. The number of rotatable bonds is 5. The number of methoxy groups -OCH3 is 1. The zero-order valence-corrected chi connectivity index (χ0v) is 17.6. The van der Waals surface area contributed by atoms with Crippen LogP contribution in [0.3, 0.4) is 0 Å². The molecular formula is C21H24BrClN2O. The van der Waals surface area contributed by atoms with Gasteiger partial charge < -0.3 is 9.64 Å². The lowest BCUT2D eigenvalue weighted by atomic mass is 9.98. The van der Waals surface area contributed by atoms with E-state index in [0.717, 1.165) is 58.1 Å². The van der Waals surface area contributed by atoms with Crippen molar-refractivity contribution in [2.75, 3.05) is 27.2 Å². The standard InChI is InChI=1S/C21H24BrClN2O/c1-24-21(25-12-3-4-13-25)18-6-5-7-19(23)17(18)10-8-15-14-16(22)9-11-20(15)26-2/h5-7,9,11,14H,3-4,8,10,12-13H2,1-2H3/b24-21-. The highest BCUT2D eigenvalue weighted by Crippen LogP contribution is 2.28. The number of benzene rings is 2. The Bertz CT molecular complexity index is 801. The van der Waals surface area contributed by atoms with Crippen LogP contribution < -0.4 is 4.74 Å². The third-order valence-electron chi connectivity index (χ3n) is 4.86. The van der Waals surface area contributed by atoms with Gasteiger partial charge in [0.1, 0.15) is 11.6 Å². The number of aryl methyl sites for hydroxylation is 1. The van der Waals surface area contributed by atoms with Gasteiger partial charge in [-0.1, -0.05) is 39.7 Å². The predicted molar refractivity (Wildman–Crippen MR) is 113 cm³/mol. The fraction of sp³-hybridized carbons (Fsp3) is 0.381. The Labute approximate surface area is 169 Å². The first-order valence-corrected chi connectivity index (χ1v) is 10.1. The minimum Gasteiger partial charge on any atom is -0.496 e. The number of aliphatic imine (C=N–C) groups is 1. The molecule has 0 aliphatic carbocycles. The van der Waals surface area contributed by atoms with Crippen LogP contribution in [0, 0.1) is 0 Å². The van der Waals surface area contributed by atoms with E-state index in [1.807, 2.05) is 31.3 Å². The van der Waals surface area contributed by atoms with Crippen LogP contribution >= 0.6 is 27.5 Å². The first-order valence-electron chi connectivity index (χ1n) is 8.96. The lowest BCUT2D eigenvalue weighted by Crippen LogP contribution is -2.29. The topological polar surface area (TPSA) is 24.8 Å². The van der Waals surface area contributed by atoms with Crippen molar-refractivity contribution in [2.45, 2.75) is 25.7 Å². The molecule has 0 N–H and O–H groups in total. The van der Waals surface area contributed by atoms with Crippen molar-refractivity contribution in [3.63, 3.8) is 0 Å². The van der Waals surface area contributed by atoms with Crippen LogP contribution in [0.4, 0.5) is 0 Å². The lowest BCUT2D eigenvalue weighted by Gasteiger charge is -2.23. The molecule has 1 heterocycles. The SMILES string of the molecule is C/N=C(/c1cccc(Cl)c1CCc1cc(Br)ccc1OC)N1CCCC1. The maximum atomic E-state index is 6.59. The number of nitrogens with zero attached hydrogens (tertiary/aromatic N) is 2. The molecule has 2 aromatic rings. The van der Waals surface area contributed by atoms with Crippen LogP contribution in [-0.4, -0.2) is 38.0 Å². The van der Waals surface area contributed by atoms with Crippen molar-refractivity contribution < 1.29 is 4.74 Å². The molecule has 0 atom stereocenters. The summed E-state index contributed by atoms with van der Waals surface area (Å²) in [6.45, 7) is 2.14.